The molecule has 1 heterocycles. The highest BCUT2D eigenvalue weighted by Gasteiger charge is 2.18. The third-order valence-electron chi connectivity index (χ3n) is 2.84. The van der Waals surface area contributed by atoms with Crippen LogP contribution in [0.1, 0.15) is 29.8 Å². The topological polar surface area (TPSA) is 55.1 Å². The van der Waals surface area contributed by atoms with Crippen LogP contribution in [0.5, 0.6) is 0 Å². The summed E-state index contributed by atoms with van der Waals surface area (Å²) in [5.74, 6) is -0.0478. The molecule has 1 aromatic heterocycles. The van der Waals surface area contributed by atoms with Gasteiger partial charge in [-0.3, -0.25) is 4.79 Å². The molecular formula is C15H18Cl2N2OS. The van der Waals surface area contributed by atoms with Crippen LogP contribution in [0.4, 0.5) is 0 Å². The second-order valence-corrected chi connectivity index (χ2v) is 6.16. The van der Waals surface area contributed by atoms with E-state index in [1.54, 1.807) is 11.3 Å². The molecule has 2 aromatic rings. The van der Waals surface area contributed by atoms with Crippen LogP contribution < -0.4 is 11.1 Å². The molecular weight excluding hydrogens is 327 g/mol. The Morgan fingerprint density at radius 2 is 2.00 bits per heavy atom. The van der Waals surface area contributed by atoms with Crippen LogP contribution in [0.15, 0.2) is 41.8 Å². The van der Waals surface area contributed by atoms with E-state index >= 15 is 0 Å². The van der Waals surface area contributed by atoms with Gasteiger partial charge in [0.1, 0.15) is 0 Å². The predicted octanol–water partition coefficient (Wildman–Crippen LogP) is 3.77. The molecule has 2 unspecified atom stereocenters. The average Bonchev–Trinajstić information content (AvgIpc) is 2.90. The molecule has 0 aliphatic rings. The molecule has 21 heavy (non-hydrogen) atoms. The maximum Gasteiger partial charge on any atom is 0.222 e. The van der Waals surface area contributed by atoms with Gasteiger partial charge >= 0.3 is 0 Å². The zero-order chi connectivity index (χ0) is 14.5. The van der Waals surface area contributed by atoms with Gasteiger partial charge in [0.15, 0.2) is 0 Å². The Hall–Kier alpha value is -1.07. The Labute approximate surface area is 139 Å². The number of rotatable bonds is 5. The Balaban J connectivity index is 0.00000220. The summed E-state index contributed by atoms with van der Waals surface area (Å²) in [7, 11) is 0. The van der Waals surface area contributed by atoms with E-state index in [-0.39, 0.29) is 30.4 Å². The van der Waals surface area contributed by atoms with Gasteiger partial charge in [-0.15, -0.1) is 23.7 Å². The summed E-state index contributed by atoms with van der Waals surface area (Å²) in [4.78, 5) is 13.1. The Kier molecular flexibility index (Phi) is 7.18. The van der Waals surface area contributed by atoms with Crippen LogP contribution in [-0.2, 0) is 4.79 Å². The SMILES string of the molecule is CC(N)CC(=O)NC(c1ccc(Cl)cc1)c1cccs1.Cl. The summed E-state index contributed by atoms with van der Waals surface area (Å²) in [6, 6.07) is 11.2. The monoisotopic (exact) mass is 344 g/mol. The number of carbonyl (C=O) groups is 1. The number of hydrogen-bond acceptors (Lipinski definition) is 3. The van der Waals surface area contributed by atoms with E-state index in [1.807, 2.05) is 48.7 Å². The molecule has 0 aliphatic heterocycles. The van der Waals surface area contributed by atoms with Crippen molar-refractivity contribution in [3.05, 3.63) is 57.2 Å². The number of halogens is 2. The molecule has 2 rings (SSSR count). The molecule has 0 bridgehead atoms. The number of amides is 1. The highest BCUT2D eigenvalue weighted by Crippen LogP contribution is 2.27. The molecule has 0 saturated heterocycles. The fourth-order valence-electron chi connectivity index (χ4n) is 1.94. The molecule has 3 N–H and O–H groups in total. The predicted molar refractivity (Wildman–Crippen MR) is 91.3 cm³/mol. The van der Waals surface area contributed by atoms with Crippen molar-refractivity contribution in [1.82, 2.24) is 5.32 Å². The molecule has 0 spiro atoms. The van der Waals surface area contributed by atoms with E-state index in [9.17, 15) is 4.79 Å². The van der Waals surface area contributed by atoms with Gasteiger partial charge in [0.25, 0.3) is 0 Å². The van der Waals surface area contributed by atoms with Crippen LogP contribution >= 0.6 is 35.3 Å². The minimum Gasteiger partial charge on any atom is -0.344 e. The zero-order valence-electron chi connectivity index (χ0n) is 11.6. The first-order valence-electron chi connectivity index (χ1n) is 6.40. The Bertz CT molecular complexity index is 556. The molecule has 1 aromatic carbocycles. The maximum absolute atomic E-state index is 12.0. The van der Waals surface area contributed by atoms with Crippen LogP contribution in [0.25, 0.3) is 0 Å². The number of thiophene rings is 1. The largest absolute Gasteiger partial charge is 0.344 e. The quantitative estimate of drug-likeness (QED) is 0.867. The van der Waals surface area contributed by atoms with Gasteiger partial charge in [0.05, 0.1) is 6.04 Å². The first-order chi connectivity index (χ1) is 9.56. The van der Waals surface area contributed by atoms with Crippen LogP contribution in [0.3, 0.4) is 0 Å². The number of benzene rings is 1. The lowest BCUT2D eigenvalue weighted by Crippen LogP contribution is -2.33. The van der Waals surface area contributed by atoms with E-state index in [1.165, 1.54) is 0 Å². The van der Waals surface area contributed by atoms with E-state index < -0.39 is 0 Å². The molecule has 0 saturated carbocycles. The lowest BCUT2D eigenvalue weighted by molar-refractivity contribution is -0.121. The summed E-state index contributed by atoms with van der Waals surface area (Å²) < 4.78 is 0. The maximum atomic E-state index is 12.0. The van der Waals surface area contributed by atoms with Gasteiger partial charge in [0.2, 0.25) is 5.91 Å². The normalized spacial score (nSPS) is 13.1. The molecule has 1 amide bonds. The van der Waals surface area contributed by atoms with Crippen molar-refractivity contribution in [2.75, 3.05) is 0 Å². The first-order valence-corrected chi connectivity index (χ1v) is 7.66. The summed E-state index contributed by atoms with van der Waals surface area (Å²) in [5, 5.41) is 5.71. The molecule has 3 nitrogen and oxygen atoms in total. The van der Waals surface area contributed by atoms with Crippen LogP contribution in [0.2, 0.25) is 5.02 Å². The van der Waals surface area contributed by atoms with Crippen molar-refractivity contribution in [2.45, 2.75) is 25.4 Å². The van der Waals surface area contributed by atoms with Crippen molar-refractivity contribution >= 4 is 41.3 Å². The molecule has 0 radical (unpaired) electrons. The molecule has 0 fully saturated rings. The van der Waals surface area contributed by atoms with E-state index in [0.717, 1.165) is 10.4 Å². The van der Waals surface area contributed by atoms with Crippen molar-refractivity contribution in [1.29, 1.82) is 0 Å². The first kappa shape index (κ1) is 18.0. The number of nitrogens with two attached hydrogens (primary N) is 1. The van der Waals surface area contributed by atoms with Gasteiger partial charge in [-0.25, -0.2) is 0 Å². The summed E-state index contributed by atoms with van der Waals surface area (Å²) in [6.07, 6.45) is 0.315. The average molecular weight is 345 g/mol. The minimum atomic E-state index is -0.154. The highest BCUT2D eigenvalue weighted by atomic mass is 35.5. The second kappa shape index (κ2) is 8.39. The number of nitrogens with one attached hydrogen (secondary N) is 1. The van der Waals surface area contributed by atoms with Crippen molar-refractivity contribution in [3.63, 3.8) is 0 Å². The van der Waals surface area contributed by atoms with E-state index in [4.69, 9.17) is 17.3 Å². The highest BCUT2D eigenvalue weighted by molar-refractivity contribution is 7.10. The van der Waals surface area contributed by atoms with E-state index in [2.05, 4.69) is 5.32 Å². The van der Waals surface area contributed by atoms with Gasteiger partial charge in [0, 0.05) is 22.4 Å². The Morgan fingerprint density at radius 1 is 1.33 bits per heavy atom. The molecule has 0 aliphatic carbocycles. The molecule has 6 heteroatoms. The molecule has 2 atom stereocenters. The van der Waals surface area contributed by atoms with Crippen molar-refractivity contribution in [2.24, 2.45) is 5.73 Å². The van der Waals surface area contributed by atoms with Crippen LogP contribution in [-0.4, -0.2) is 11.9 Å². The summed E-state index contributed by atoms with van der Waals surface area (Å²) in [6.45, 7) is 1.82. The van der Waals surface area contributed by atoms with Gasteiger partial charge in [-0.2, -0.15) is 0 Å². The lowest BCUT2D eigenvalue weighted by Gasteiger charge is -2.19. The van der Waals surface area contributed by atoms with Crippen LogP contribution in [0, 0.1) is 0 Å². The van der Waals surface area contributed by atoms with Crippen molar-refractivity contribution in [3.8, 4) is 0 Å². The third kappa shape index (κ3) is 5.32. The smallest absolute Gasteiger partial charge is 0.222 e. The summed E-state index contributed by atoms with van der Waals surface area (Å²) in [5.41, 5.74) is 6.68. The fourth-order valence-corrected chi connectivity index (χ4v) is 2.87. The fraction of sp³-hybridized carbons (Fsp3) is 0.267. The van der Waals surface area contributed by atoms with Gasteiger partial charge in [-0.1, -0.05) is 29.8 Å². The van der Waals surface area contributed by atoms with Crippen molar-refractivity contribution < 1.29 is 4.79 Å². The second-order valence-electron chi connectivity index (χ2n) is 4.75. The standard InChI is InChI=1S/C15H17ClN2OS.ClH/c1-10(17)9-14(19)18-15(13-3-2-8-20-13)11-4-6-12(16)7-5-11;/h2-8,10,15H,9,17H2,1H3,(H,18,19);1H. The molecule has 114 valence electrons. The Morgan fingerprint density at radius 3 is 2.52 bits per heavy atom. The van der Waals surface area contributed by atoms with Gasteiger partial charge in [-0.05, 0) is 36.1 Å². The van der Waals surface area contributed by atoms with E-state index in [0.29, 0.717) is 11.4 Å². The number of hydrogen-bond donors (Lipinski definition) is 2. The summed E-state index contributed by atoms with van der Waals surface area (Å²) >= 11 is 7.53. The lowest BCUT2D eigenvalue weighted by atomic mass is 10.0. The van der Waals surface area contributed by atoms with Gasteiger partial charge < -0.3 is 11.1 Å². The minimum absolute atomic E-state index is 0. The zero-order valence-corrected chi connectivity index (χ0v) is 14.0. The third-order valence-corrected chi connectivity index (χ3v) is 4.03. The number of carbonyl (C=O) groups excluding carboxylic acids is 1.